The van der Waals surface area contributed by atoms with Gasteiger partial charge < -0.3 is 19.0 Å². The predicted octanol–water partition coefficient (Wildman–Crippen LogP) is 2.52. The lowest BCUT2D eigenvalue weighted by molar-refractivity contribution is 0.0919. The average Bonchev–Trinajstić information content (AvgIpc) is 3.31. The summed E-state index contributed by atoms with van der Waals surface area (Å²) in [4.78, 5) is 24.8. The van der Waals surface area contributed by atoms with Gasteiger partial charge in [-0.3, -0.25) is 4.79 Å². The van der Waals surface area contributed by atoms with Gasteiger partial charge >= 0.3 is 0 Å². The van der Waals surface area contributed by atoms with Crippen LogP contribution in [-0.2, 0) is 6.54 Å². The number of nitrogens with one attached hydrogen (secondary N) is 1. The van der Waals surface area contributed by atoms with Crippen molar-refractivity contribution in [3.05, 3.63) is 53.9 Å². The number of carbonyl (C=O) groups is 1. The maximum Gasteiger partial charge on any atom is 0.287 e. The van der Waals surface area contributed by atoms with E-state index in [0.717, 1.165) is 10.9 Å². The number of rotatable bonds is 5. The summed E-state index contributed by atoms with van der Waals surface area (Å²) in [6.45, 7) is 1.88. The maximum atomic E-state index is 12.5. The van der Waals surface area contributed by atoms with Crippen molar-refractivity contribution in [2.24, 2.45) is 0 Å². The Balaban J connectivity index is 1.49. The number of benzene rings is 1. The Kier molecular flexibility index (Phi) is 4.25. The number of ether oxygens (including phenoxy) is 1. The Hall–Kier alpha value is -3.75. The third-order valence-corrected chi connectivity index (χ3v) is 3.99. The number of fused-ring (bicyclic) bond motifs is 1. The van der Waals surface area contributed by atoms with Gasteiger partial charge in [-0.15, -0.1) is 0 Å². The summed E-state index contributed by atoms with van der Waals surface area (Å²) >= 11 is 0. The molecule has 9 nitrogen and oxygen atoms in total. The van der Waals surface area contributed by atoms with E-state index in [1.165, 1.54) is 0 Å². The average molecular weight is 365 g/mol. The highest BCUT2D eigenvalue weighted by molar-refractivity contribution is 5.99. The van der Waals surface area contributed by atoms with Crippen LogP contribution in [0.3, 0.4) is 0 Å². The van der Waals surface area contributed by atoms with Gasteiger partial charge in [-0.2, -0.15) is 4.98 Å². The Morgan fingerprint density at radius 3 is 2.81 bits per heavy atom. The van der Waals surface area contributed by atoms with Gasteiger partial charge in [0.1, 0.15) is 11.3 Å². The van der Waals surface area contributed by atoms with E-state index in [4.69, 9.17) is 13.7 Å². The monoisotopic (exact) mass is 365 g/mol. The van der Waals surface area contributed by atoms with Crippen molar-refractivity contribution in [1.82, 2.24) is 25.4 Å². The van der Waals surface area contributed by atoms with Crippen molar-refractivity contribution in [3.63, 3.8) is 0 Å². The van der Waals surface area contributed by atoms with Crippen molar-refractivity contribution >= 4 is 16.9 Å². The standard InChI is InChI=1S/C18H15N5O4/c1-10-12-5-4-11(25-2)8-13(12)26-15(10)18(24)21-9-14-22-17(23-27-14)16-19-6-3-7-20-16/h3-8H,9H2,1-2H3,(H,21,24). The molecule has 4 rings (SSSR count). The van der Waals surface area contributed by atoms with Crippen LogP contribution in [0, 0.1) is 6.92 Å². The van der Waals surface area contributed by atoms with Gasteiger partial charge in [0, 0.05) is 29.4 Å². The molecule has 27 heavy (non-hydrogen) atoms. The molecule has 3 aromatic heterocycles. The number of hydrogen-bond donors (Lipinski definition) is 1. The van der Waals surface area contributed by atoms with E-state index in [1.54, 1.807) is 31.6 Å². The van der Waals surface area contributed by atoms with Crippen LogP contribution in [-0.4, -0.2) is 33.1 Å². The third kappa shape index (κ3) is 3.22. The number of aromatic nitrogens is 4. The zero-order valence-corrected chi connectivity index (χ0v) is 14.6. The van der Waals surface area contributed by atoms with Crippen LogP contribution in [0.2, 0.25) is 0 Å². The van der Waals surface area contributed by atoms with Crippen LogP contribution < -0.4 is 10.1 Å². The van der Waals surface area contributed by atoms with Gasteiger partial charge in [-0.1, -0.05) is 5.16 Å². The number of hydrogen-bond acceptors (Lipinski definition) is 8. The molecule has 0 aliphatic carbocycles. The summed E-state index contributed by atoms with van der Waals surface area (Å²) < 4.78 is 16.0. The molecule has 3 heterocycles. The first-order valence-electron chi connectivity index (χ1n) is 8.11. The summed E-state index contributed by atoms with van der Waals surface area (Å²) in [6.07, 6.45) is 3.17. The number of aryl methyl sites for hydroxylation is 1. The SMILES string of the molecule is COc1ccc2c(C)c(C(=O)NCc3nc(-c4ncccn4)no3)oc2c1. The predicted molar refractivity (Wildman–Crippen MR) is 94.0 cm³/mol. The van der Waals surface area contributed by atoms with Gasteiger partial charge in [0.15, 0.2) is 5.76 Å². The van der Waals surface area contributed by atoms with Crippen molar-refractivity contribution in [1.29, 1.82) is 0 Å². The normalized spacial score (nSPS) is 10.9. The Labute approximate surface area is 153 Å². The van der Waals surface area contributed by atoms with Gasteiger partial charge in [-0.05, 0) is 25.1 Å². The topological polar surface area (TPSA) is 116 Å². The van der Waals surface area contributed by atoms with E-state index in [2.05, 4.69) is 25.4 Å². The van der Waals surface area contributed by atoms with E-state index in [9.17, 15) is 4.79 Å². The number of furan rings is 1. The van der Waals surface area contributed by atoms with Crippen molar-refractivity contribution in [2.45, 2.75) is 13.5 Å². The molecule has 0 fully saturated rings. The second-order valence-corrected chi connectivity index (χ2v) is 5.69. The summed E-state index contributed by atoms with van der Waals surface area (Å²) in [5.74, 6) is 1.35. The molecule has 0 saturated heterocycles. The molecule has 1 amide bonds. The number of methoxy groups -OCH3 is 1. The van der Waals surface area contributed by atoms with Gasteiger partial charge in [0.25, 0.3) is 5.91 Å². The zero-order valence-electron chi connectivity index (χ0n) is 14.6. The highest BCUT2D eigenvalue weighted by Gasteiger charge is 2.19. The molecule has 9 heteroatoms. The number of nitrogens with zero attached hydrogens (tertiary/aromatic N) is 4. The molecular weight excluding hydrogens is 350 g/mol. The van der Waals surface area contributed by atoms with E-state index < -0.39 is 0 Å². The van der Waals surface area contributed by atoms with Crippen LogP contribution in [0.1, 0.15) is 22.0 Å². The fourth-order valence-electron chi connectivity index (χ4n) is 2.62. The molecule has 0 radical (unpaired) electrons. The molecule has 1 N–H and O–H groups in total. The molecule has 0 unspecified atom stereocenters. The van der Waals surface area contributed by atoms with E-state index >= 15 is 0 Å². The quantitative estimate of drug-likeness (QED) is 0.573. The van der Waals surface area contributed by atoms with Crippen molar-refractivity contribution in [2.75, 3.05) is 7.11 Å². The van der Waals surface area contributed by atoms with Crippen LogP contribution in [0.15, 0.2) is 45.6 Å². The third-order valence-electron chi connectivity index (χ3n) is 3.99. The highest BCUT2D eigenvalue weighted by atomic mass is 16.5. The number of amides is 1. The summed E-state index contributed by atoms with van der Waals surface area (Å²) in [7, 11) is 1.57. The van der Waals surface area contributed by atoms with Crippen LogP contribution in [0.4, 0.5) is 0 Å². The molecule has 0 atom stereocenters. The first-order chi connectivity index (χ1) is 13.2. The fourth-order valence-corrected chi connectivity index (χ4v) is 2.62. The molecule has 0 bridgehead atoms. The van der Waals surface area contributed by atoms with Crippen molar-refractivity contribution in [3.8, 4) is 17.4 Å². The molecule has 1 aromatic carbocycles. The lowest BCUT2D eigenvalue weighted by Gasteiger charge is -1.99. The molecule has 0 aliphatic heterocycles. The molecule has 0 aliphatic rings. The first kappa shape index (κ1) is 16.7. The van der Waals surface area contributed by atoms with Crippen molar-refractivity contribution < 1.29 is 18.5 Å². The second-order valence-electron chi connectivity index (χ2n) is 5.69. The second kappa shape index (κ2) is 6.87. The lowest BCUT2D eigenvalue weighted by Crippen LogP contribution is -2.23. The number of carbonyl (C=O) groups excluding carboxylic acids is 1. The lowest BCUT2D eigenvalue weighted by atomic mass is 10.1. The Morgan fingerprint density at radius 1 is 1.22 bits per heavy atom. The van der Waals surface area contributed by atoms with Crippen LogP contribution in [0.25, 0.3) is 22.6 Å². The van der Waals surface area contributed by atoms with Gasteiger partial charge in [-0.25, -0.2) is 9.97 Å². The summed E-state index contributed by atoms with van der Waals surface area (Å²) in [5, 5.41) is 7.37. The van der Waals surface area contributed by atoms with E-state index in [-0.39, 0.29) is 29.9 Å². The largest absolute Gasteiger partial charge is 0.497 e. The summed E-state index contributed by atoms with van der Waals surface area (Å²) in [6, 6.07) is 7.10. The smallest absolute Gasteiger partial charge is 0.287 e. The molecule has 0 saturated carbocycles. The van der Waals surface area contributed by atoms with E-state index in [1.807, 2.05) is 19.1 Å². The zero-order chi connectivity index (χ0) is 18.8. The molecular formula is C18H15N5O4. The van der Waals surface area contributed by atoms with E-state index in [0.29, 0.717) is 17.2 Å². The van der Waals surface area contributed by atoms with Crippen LogP contribution in [0.5, 0.6) is 5.75 Å². The minimum Gasteiger partial charge on any atom is -0.497 e. The Morgan fingerprint density at radius 2 is 2.04 bits per heavy atom. The van der Waals surface area contributed by atoms with Crippen LogP contribution >= 0.6 is 0 Å². The minimum absolute atomic E-state index is 0.0540. The molecule has 4 aromatic rings. The van der Waals surface area contributed by atoms with Gasteiger partial charge in [0.2, 0.25) is 17.5 Å². The summed E-state index contributed by atoms with van der Waals surface area (Å²) in [5.41, 5.74) is 1.33. The highest BCUT2D eigenvalue weighted by Crippen LogP contribution is 2.28. The molecule has 136 valence electrons. The van der Waals surface area contributed by atoms with Gasteiger partial charge in [0.05, 0.1) is 13.7 Å². The minimum atomic E-state index is -0.377. The maximum absolute atomic E-state index is 12.5. The Bertz CT molecular complexity index is 1100. The first-order valence-corrected chi connectivity index (χ1v) is 8.11. The molecule has 0 spiro atoms. The fraction of sp³-hybridized carbons (Fsp3) is 0.167.